The van der Waals surface area contributed by atoms with E-state index in [1.165, 1.54) is 6.08 Å². The number of ether oxygens (including phenoxy) is 1. The second-order valence-corrected chi connectivity index (χ2v) is 3.11. The van der Waals surface area contributed by atoms with E-state index in [0.29, 0.717) is 19.7 Å². The molecule has 0 unspecified atom stereocenters. The second kappa shape index (κ2) is 7.59. The van der Waals surface area contributed by atoms with Crippen molar-refractivity contribution in [3.8, 4) is 0 Å². The Kier molecular flexibility index (Phi) is 5.88. The molecule has 0 aliphatic heterocycles. The summed E-state index contributed by atoms with van der Waals surface area (Å²) in [5, 5.41) is 3.14. The Morgan fingerprint density at radius 1 is 1.56 bits per heavy atom. The van der Waals surface area contributed by atoms with Crippen molar-refractivity contribution in [3.63, 3.8) is 0 Å². The van der Waals surface area contributed by atoms with Crippen LogP contribution in [0.1, 0.15) is 12.6 Å². The Bertz CT molecular complexity index is 336. The summed E-state index contributed by atoms with van der Waals surface area (Å²) in [6.07, 6.45) is 4.92. The molecule has 1 heterocycles. The van der Waals surface area contributed by atoms with Gasteiger partial charge in [-0.15, -0.1) is 0 Å². The van der Waals surface area contributed by atoms with Crippen molar-refractivity contribution in [3.05, 3.63) is 42.2 Å². The predicted octanol–water partition coefficient (Wildman–Crippen LogP) is 1.29. The Morgan fingerprint density at radius 3 is 3.12 bits per heavy atom. The van der Waals surface area contributed by atoms with E-state index < -0.39 is 0 Å². The van der Waals surface area contributed by atoms with E-state index in [1.807, 2.05) is 18.2 Å². The molecule has 0 radical (unpaired) electrons. The van der Waals surface area contributed by atoms with Crippen molar-refractivity contribution >= 4 is 5.97 Å². The quantitative estimate of drug-likeness (QED) is 0.446. The van der Waals surface area contributed by atoms with E-state index in [0.717, 1.165) is 5.69 Å². The Balaban J connectivity index is 2.15. The molecule has 0 aliphatic rings. The normalized spacial score (nSPS) is 10.6. The molecule has 1 aromatic rings. The van der Waals surface area contributed by atoms with Gasteiger partial charge in [-0.1, -0.05) is 12.1 Å². The molecular formula is C12H16N2O2. The van der Waals surface area contributed by atoms with Crippen molar-refractivity contribution in [1.29, 1.82) is 0 Å². The van der Waals surface area contributed by atoms with Crippen LogP contribution in [0.5, 0.6) is 0 Å². The number of nitrogens with one attached hydrogen (secondary N) is 1. The van der Waals surface area contributed by atoms with Crippen LogP contribution in [0.4, 0.5) is 0 Å². The SMILES string of the molecule is CCOC(=O)/C=C/CNCc1ccccn1. The number of pyridine rings is 1. The van der Waals surface area contributed by atoms with Gasteiger partial charge in [0.1, 0.15) is 0 Å². The molecule has 1 rings (SSSR count). The first-order chi connectivity index (χ1) is 7.83. The maximum atomic E-state index is 10.9. The maximum absolute atomic E-state index is 10.9. The van der Waals surface area contributed by atoms with Crippen LogP contribution in [-0.4, -0.2) is 24.1 Å². The fraction of sp³-hybridized carbons (Fsp3) is 0.333. The standard InChI is InChI=1S/C12H16N2O2/c1-2-16-12(15)7-5-8-13-10-11-6-3-4-9-14-11/h3-7,9,13H,2,8,10H2,1H3/b7-5+. The van der Waals surface area contributed by atoms with Crippen molar-refractivity contribution in [1.82, 2.24) is 10.3 Å². The third kappa shape index (κ3) is 5.26. The van der Waals surface area contributed by atoms with Gasteiger partial charge in [-0.2, -0.15) is 0 Å². The summed E-state index contributed by atoms with van der Waals surface area (Å²) in [5.74, 6) is -0.304. The van der Waals surface area contributed by atoms with Crippen molar-refractivity contribution < 1.29 is 9.53 Å². The van der Waals surface area contributed by atoms with Crippen molar-refractivity contribution in [2.75, 3.05) is 13.2 Å². The fourth-order valence-corrected chi connectivity index (χ4v) is 1.13. The summed E-state index contributed by atoms with van der Waals surface area (Å²) in [4.78, 5) is 15.1. The zero-order valence-electron chi connectivity index (χ0n) is 9.35. The van der Waals surface area contributed by atoms with E-state index in [9.17, 15) is 4.79 Å². The minimum atomic E-state index is -0.304. The summed E-state index contributed by atoms with van der Waals surface area (Å²) in [6.45, 7) is 3.50. The van der Waals surface area contributed by atoms with Gasteiger partial charge in [0.15, 0.2) is 0 Å². The Morgan fingerprint density at radius 2 is 2.44 bits per heavy atom. The highest BCUT2D eigenvalue weighted by Crippen LogP contribution is 1.91. The van der Waals surface area contributed by atoms with Crippen LogP contribution in [-0.2, 0) is 16.1 Å². The van der Waals surface area contributed by atoms with Crippen LogP contribution in [0.25, 0.3) is 0 Å². The van der Waals surface area contributed by atoms with E-state index in [1.54, 1.807) is 19.2 Å². The molecule has 0 atom stereocenters. The topological polar surface area (TPSA) is 51.2 Å². The summed E-state index contributed by atoms with van der Waals surface area (Å²) >= 11 is 0. The lowest BCUT2D eigenvalue weighted by atomic mass is 10.3. The van der Waals surface area contributed by atoms with Crippen LogP contribution < -0.4 is 5.32 Å². The molecule has 16 heavy (non-hydrogen) atoms. The predicted molar refractivity (Wildman–Crippen MR) is 61.7 cm³/mol. The van der Waals surface area contributed by atoms with Crippen molar-refractivity contribution in [2.24, 2.45) is 0 Å². The van der Waals surface area contributed by atoms with Crippen LogP contribution in [0.2, 0.25) is 0 Å². The number of aromatic nitrogens is 1. The average molecular weight is 220 g/mol. The number of esters is 1. The van der Waals surface area contributed by atoms with Gasteiger partial charge in [0.05, 0.1) is 12.3 Å². The van der Waals surface area contributed by atoms with E-state index in [2.05, 4.69) is 10.3 Å². The van der Waals surface area contributed by atoms with Gasteiger partial charge in [-0.3, -0.25) is 4.98 Å². The van der Waals surface area contributed by atoms with Crippen LogP contribution in [0.3, 0.4) is 0 Å². The lowest BCUT2D eigenvalue weighted by Crippen LogP contribution is -2.14. The molecule has 1 N–H and O–H groups in total. The lowest BCUT2D eigenvalue weighted by Gasteiger charge is -2.00. The van der Waals surface area contributed by atoms with Crippen molar-refractivity contribution in [2.45, 2.75) is 13.5 Å². The number of rotatable bonds is 6. The van der Waals surface area contributed by atoms with Crippen LogP contribution >= 0.6 is 0 Å². The summed E-state index contributed by atoms with van der Waals surface area (Å²) in [6, 6.07) is 5.77. The fourth-order valence-electron chi connectivity index (χ4n) is 1.13. The highest BCUT2D eigenvalue weighted by Gasteiger charge is 1.93. The van der Waals surface area contributed by atoms with E-state index in [4.69, 9.17) is 4.74 Å². The molecule has 0 amide bonds. The maximum Gasteiger partial charge on any atom is 0.330 e. The summed E-state index contributed by atoms with van der Waals surface area (Å²) in [5.41, 5.74) is 0.979. The molecule has 0 aromatic carbocycles. The zero-order valence-corrected chi connectivity index (χ0v) is 9.35. The number of carbonyl (C=O) groups excluding carboxylic acids is 1. The monoisotopic (exact) mass is 220 g/mol. The van der Waals surface area contributed by atoms with Gasteiger partial charge in [0.25, 0.3) is 0 Å². The molecule has 4 nitrogen and oxygen atoms in total. The highest BCUT2D eigenvalue weighted by molar-refractivity contribution is 5.81. The second-order valence-electron chi connectivity index (χ2n) is 3.11. The smallest absolute Gasteiger partial charge is 0.330 e. The average Bonchev–Trinajstić information content (AvgIpc) is 2.30. The summed E-state index contributed by atoms with van der Waals surface area (Å²) in [7, 11) is 0. The van der Waals surface area contributed by atoms with Gasteiger partial charge in [-0.05, 0) is 19.1 Å². The molecule has 0 saturated heterocycles. The number of carbonyl (C=O) groups is 1. The summed E-state index contributed by atoms with van der Waals surface area (Å²) < 4.78 is 4.74. The van der Waals surface area contributed by atoms with Crippen LogP contribution in [0.15, 0.2) is 36.5 Å². The first-order valence-corrected chi connectivity index (χ1v) is 5.27. The largest absolute Gasteiger partial charge is 0.463 e. The molecule has 86 valence electrons. The Labute approximate surface area is 95.3 Å². The molecule has 0 spiro atoms. The minimum absolute atomic E-state index is 0.304. The molecule has 4 heteroatoms. The number of hydrogen-bond donors (Lipinski definition) is 1. The van der Waals surface area contributed by atoms with Gasteiger partial charge in [0, 0.05) is 25.4 Å². The van der Waals surface area contributed by atoms with Gasteiger partial charge >= 0.3 is 5.97 Å². The van der Waals surface area contributed by atoms with Gasteiger partial charge in [0.2, 0.25) is 0 Å². The number of nitrogens with zero attached hydrogens (tertiary/aromatic N) is 1. The van der Waals surface area contributed by atoms with E-state index >= 15 is 0 Å². The first kappa shape index (κ1) is 12.4. The molecule has 0 bridgehead atoms. The molecular weight excluding hydrogens is 204 g/mol. The Hall–Kier alpha value is -1.68. The molecule has 1 aromatic heterocycles. The molecule has 0 saturated carbocycles. The molecule has 0 aliphatic carbocycles. The zero-order chi connectivity index (χ0) is 11.6. The minimum Gasteiger partial charge on any atom is -0.463 e. The van der Waals surface area contributed by atoms with Gasteiger partial charge < -0.3 is 10.1 Å². The van der Waals surface area contributed by atoms with Gasteiger partial charge in [-0.25, -0.2) is 4.79 Å². The van der Waals surface area contributed by atoms with E-state index in [-0.39, 0.29) is 5.97 Å². The molecule has 0 fully saturated rings. The number of hydrogen-bond acceptors (Lipinski definition) is 4. The lowest BCUT2D eigenvalue weighted by molar-refractivity contribution is -0.137. The third-order valence-corrected chi connectivity index (χ3v) is 1.83. The highest BCUT2D eigenvalue weighted by atomic mass is 16.5. The first-order valence-electron chi connectivity index (χ1n) is 5.27. The third-order valence-electron chi connectivity index (χ3n) is 1.83. The van der Waals surface area contributed by atoms with Crippen LogP contribution in [0, 0.1) is 0 Å².